The molecule has 0 saturated carbocycles. The van der Waals surface area contributed by atoms with Crippen LogP contribution in [0, 0.1) is 0 Å². The molecule has 0 aliphatic rings. The van der Waals surface area contributed by atoms with Crippen LogP contribution in [-0.2, 0) is 14.3 Å². The fourth-order valence-electron chi connectivity index (χ4n) is 2.01. The second kappa shape index (κ2) is 8.31. The zero-order chi connectivity index (χ0) is 21.1. The van der Waals surface area contributed by atoms with Crippen molar-refractivity contribution in [3.63, 3.8) is 0 Å². The molecule has 1 aromatic heterocycles. The van der Waals surface area contributed by atoms with Gasteiger partial charge in [0.2, 0.25) is 11.8 Å². The number of nitrogens with one attached hydrogen (secondary N) is 1. The number of halogens is 3. The first-order chi connectivity index (χ1) is 12.8. The van der Waals surface area contributed by atoms with Crippen LogP contribution in [0.2, 0.25) is 0 Å². The van der Waals surface area contributed by atoms with Crippen molar-refractivity contribution in [1.29, 1.82) is 0 Å². The smallest absolute Gasteiger partial charge is 0.406 e. The molecule has 28 heavy (non-hydrogen) atoms. The monoisotopic (exact) mass is 419 g/mol. The summed E-state index contributed by atoms with van der Waals surface area (Å²) in [7, 11) is 1.47. The van der Waals surface area contributed by atoms with Crippen molar-refractivity contribution in [2.75, 3.05) is 25.5 Å². The van der Waals surface area contributed by atoms with E-state index in [1.165, 1.54) is 24.1 Å². The SMILES string of the molecule is CN(CC(=O)Nc1nc2ccc(OC(F)(F)F)cc2s1)C(=O)COC(C)(C)C. The topological polar surface area (TPSA) is 80.8 Å². The quantitative estimate of drug-likeness (QED) is 0.776. The van der Waals surface area contributed by atoms with E-state index in [4.69, 9.17) is 4.74 Å². The minimum atomic E-state index is -4.79. The van der Waals surface area contributed by atoms with E-state index in [1.807, 2.05) is 20.8 Å². The van der Waals surface area contributed by atoms with E-state index in [-0.39, 0.29) is 29.9 Å². The number of carbonyl (C=O) groups is 2. The molecule has 1 aromatic carbocycles. The second-order valence-corrected chi connectivity index (χ2v) is 7.93. The van der Waals surface area contributed by atoms with E-state index in [9.17, 15) is 22.8 Å². The van der Waals surface area contributed by atoms with Gasteiger partial charge in [-0.3, -0.25) is 9.59 Å². The average Bonchev–Trinajstić information content (AvgIpc) is 2.91. The van der Waals surface area contributed by atoms with Gasteiger partial charge >= 0.3 is 6.36 Å². The van der Waals surface area contributed by atoms with Crippen LogP contribution in [0.5, 0.6) is 5.75 Å². The minimum absolute atomic E-state index is 0.156. The highest BCUT2D eigenvalue weighted by atomic mass is 32.1. The van der Waals surface area contributed by atoms with Crippen LogP contribution in [0.4, 0.5) is 18.3 Å². The van der Waals surface area contributed by atoms with Crippen LogP contribution in [0.15, 0.2) is 18.2 Å². The van der Waals surface area contributed by atoms with Gasteiger partial charge in [0.1, 0.15) is 12.4 Å². The van der Waals surface area contributed by atoms with Gasteiger partial charge in [0.05, 0.1) is 22.4 Å². The molecule has 2 rings (SSSR count). The number of rotatable bonds is 6. The number of fused-ring (bicyclic) bond motifs is 1. The number of likely N-dealkylation sites (N-methyl/N-ethyl adjacent to an activating group) is 1. The van der Waals surface area contributed by atoms with Crippen LogP contribution in [-0.4, -0.2) is 53.9 Å². The summed E-state index contributed by atoms with van der Waals surface area (Å²) >= 11 is 0.996. The van der Waals surface area contributed by atoms with Crippen LogP contribution in [0.1, 0.15) is 20.8 Å². The molecule has 2 amide bonds. The van der Waals surface area contributed by atoms with Crippen molar-refractivity contribution in [2.24, 2.45) is 0 Å². The summed E-state index contributed by atoms with van der Waals surface area (Å²) in [5, 5.41) is 2.73. The molecule has 0 aliphatic heterocycles. The fourth-order valence-corrected chi connectivity index (χ4v) is 2.92. The summed E-state index contributed by atoms with van der Waals surface area (Å²) < 4.78 is 46.5. The number of amides is 2. The first-order valence-electron chi connectivity index (χ1n) is 8.16. The van der Waals surface area contributed by atoms with E-state index in [0.29, 0.717) is 10.2 Å². The number of hydrogen-bond acceptors (Lipinski definition) is 6. The van der Waals surface area contributed by atoms with Gasteiger partial charge in [0.25, 0.3) is 0 Å². The zero-order valence-corrected chi connectivity index (χ0v) is 16.5. The third-order valence-corrected chi connectivity index (χ3v) is 4.21. The summed E-state index contributed by atoms with van der Waals surface area (Å²) in [6.45, 7) is 5.06. The number of hydrogen-bond donors (Lipinski definition) is 1. The maximum Gasteiger partial charge on any atom is 0.573 e. The van der Waals surface area contributed by atoms with E-state index >= 15 is 0 Å². The molecule has 2 aromatic rings. The third-order valence-electron chi connectivity index (χ3n) is 3.28. The van der Waals surface area contributed by atoms with Gasteiger partial charge in [0.15, 0.2) is 5.13 Å². The first-order valence-corrected chi connectivity index (χ1v) is 8.98. The van der Waals surface area contributed by atoms with Crippen molar-refractivity contribution >= 4 is 38.5 Å². The maximum absolute atomic E-state index is 12.3. The molecule has 154 valence electrons. The first kappa shape index (κ1) is 21.9. The predicted octanol–water partition coefficient (Wildman–Crippen LogP) is 3.41. The molecule has 0 saturated heterocycles. The highest BCUT2D eigenvalue weighted by molar-refractivity contribution is 7.22. The number of ether oxygens (including phenoxy) is 2. The number of aromatic nitrogens is 1. The summed E-state index contributed by atoms with van der Waals surface area (Å²) in [5.41, 5.74) is -0.0631. The zero-order valence-electron chi connectivity index (χ0n) is 15.7. The molecule has 0 aliphatic carbocycles. The molecule has 0 fully saturated rings. The summed E-state index contributed by atoms with van der Waals surface area (Å²) in [5.74, 6) is -1.22. The van der Waals surface area contributed by atoms with Crippen LogP contribution in [0.25, 0.3) is 10.2 Å². The lowest BCUT2D eigenvalue weighted by atomic mass is 10.2. The maximum atomic E-state index is 12.3. The Kier molecular flexibility index (Phi) is 6.50. The number of nitrogens with zero attached hydrogens (tertiary/aromatic N) is 2. The van der Waals surface area contributed by atoms with Gasteiger partial charge in [-0.05, 0) is 32.9 Å². The summed E-state index contributed by atoms with van der Waals surface area (Å²) in [6.07, 6.45) is -4.79. The van der Waals surface area contributed by atoms with Crippen molar-refractivity contribution in [3.8, 4) is 5.75 Å². The van der Waals surface area contributed by atoms with Gasteiger partial charge in [0, 0.05) is 13.1 Å². The highest BCUT2D eigenvalue weighted by Crippen LogP contribution is 2.31. The molecule has 0 unspecified atom stereocenters. The van der Waals surface area contributed by atoms with E-state index < -0.39 is 17.9 Å². The predicted molar refractivity (Wildman–Crippen MR) is 98.3 cm³/mol. The van der Waals surface area contributed by atoms with E-state index in [2.05, 4.69) is 15.0 Å². The van der Waals surface area contributed by atoms with Gasteiger partial charge in [-0.1, -0.05) is 11.3 Å². The number of thiazole rings is 1. The Morgan fingerprint density at radius 1 is 1.25 bits per heavy atom. The largest absolute Gasteiger partial charge is 0.573 e. The van der Waals surface area contributed by atoms with Crippen molar-refractivity contribution < 1.29 is 32.2 Å². The van der Waals surface area contributed by atoms with Crippen molar-refractivity contribution in [1.82, 2.24) is 9.88 Å². The molecule has 0 bridgehead atoms. The lowest BCUT2D eigenvalue weighted by Crippen LogP contribution is -2.38. The number of alkyl halides is 3. The highest BCUT2D eigenvalue weighted by Gasteiger charge is 2.31. The van der Waals surface area contributed by atoms with Gasteiger partial charge in [-0.2, -0.15) is 0 Å². The molecule has 11 heteroatoms. The molecule has 0 atom stereocenters. The lowest BCUT2D eigenvalue weighted by molar-refractivity contribution is -0.274. The van der Waals surface area contributed by atoms with E-state index in [0.717, 1.165) is 17.4 Å². The molecule has 1 N–H and O–H groups in total. The molecular formula is C17H20F3N3O4S. The molecule has 7 nitrogen and oxygen atoms in total. The molecular weight excluding hydrogens is 399 g/mol. The molecule has 0 spiro atoms. The molecule has 1 heterocycles. The molecule has 0 radical (unpaired) electrons. The van der Waals surface area contributed by atoms with Crippen molar-refractivity contribution in [2.45, 2.75) is 32.7 Å². The Morgan fingerprint density at radius 3 is 2.54 bits per heavy atom. The Bertz CT molecular complexity index is 861. The van der Waals surface area contributed by atoms with Crippen LogP contribution in [0.3, 0.4) is 0 Å². The third kappa shape index (κ3) is 6.97. The minimum Gasteiger partial charge on any atom is -0.406 e. The Hall–Kier alpha value is -2.40. The normalized spacial score (nSPS) is 12.1. The van der Waals surface area contributed by atoms with Crippen LogP contribution >= 0.6 is 11.3 Å². The van der Waals surface area contributed by atoms with Gasteiger partial charge in [-0.15, -0.1) is 13.2 Å². The number of carbonyl (C=O) groups excluding carboxylic acids is 2. The van der Waals surface area contributed by atoms with Crippen LogP contribution < -0.4 is 10.1 Å². The van der Waals surface area contributed by atoms with Gasteiger partial charge < -0.3 is 19.7 Å². The number of anilines is 1. The fraction of sp³-hybridized carbons (Fsp3) is 0.471. The Balaban J connectivity index is 1.96. The van der Waals surface area contributed by atoms with Crippen molar-refractivity contribution in [3.05, 3.63) is 18.2 Å². The lowest BCUT2D eigenvalue weighted by Gasteiger charge is -2.22. The summed E-state index contributed by atoms with van der Waals surface area (Å²) in [4.78, 5) is 29.4. The summed E-state index contributed by atoms with van der Waals surface area (Å²) in [6, 6.07) is 3.69. The average molecular weight is 419 g/mol. The standard InChI is InChI=1S/C17H20F3N3O4S/c1-16(2,3)26-9-14(25)23(4)8-13(24)22-15-21-11-6-5-10(7-12(11)28-15)27-17(18,19)20/h5-7H,8-9H2,1-4H3,(H,21,22,24). The number of benzene rings is 1. The second-order valence-electron chi connectivity index (χ2n) is 6.90. The Morgan fingerprint density at radius 2 is 1.93 bits per heavy atom. The van der Waals surface area contributed by atoms with E-state index in [1.54, 1.807) is 0 Å². The van der Waals surface area contributed by atoms with Gasteiger partial charge in [-0.25, -0.2) is 4.98 Å². The Labute approximate surface area is 163 Å².